The Labute approximate surface area is 165 Å². The Morgan fingerprint density at radius 1 is 1.26 bits per heavy atom. The van der Waals surface area contributed by atoms with Crippen LogP contribution in [0.4, 0.5) is 0 Å². The summed E-state index contributed by atoms with van der Waals surface area (Å²) in [6.45, 7) is 1.77. The Balaban J connectivity index is 1.95. The van der Waals surface area contributed by atoms with Gasteiger partial charge in [0.2, 0.25) is 0 Å². The van der Waals surface area contributed by atoms with Crippen LogP contribution in [-0.2, 0) is 22.4 Å². The van der Waals surface area contributed by atoms with E-state index in [2.05, 4.69) is 0 Å². The fourth-order valence-electron chi connectivity index (χ4n) is 3.44. The molecule has 0 aliphatic heterocycles. The highest BCUT2D eigenvalue weighted by atomic mass is 32.2. The van der Waals surface area contributed by atoms with Gasteiger partial charge in [-0.1, -0.05) is 30.0 Å². The highest BCUT2D eigenvalue weighted by Crippen LogP contribution is 2.35. The normalized spacial score (nSPS) is 14.7. The first-order chi connectivity index (χ1) is 13.1. The minimum Gasteiger partial charge on any atom is -0.468 e. The summed E-state index contributed by atoms with van der Waals surface area (Å²) in [7, 11) is 1.37. The standard InChI is InChI=1S/C20H20N2O3S2/c1-12(19(24)25-2)26-20-21-17-16(14-10-6-7-11-15(14)27-17)18(23)22(20)13-8-4-3-5-9-13/h3-5,8-9,12H,6-7,10-11H2,1-2H3/t12-/m1/s1. The number of aryl methyl sites for hydroxylation is 2. The van der Waals surface area contributed by atoms with Crippen LogP contribution in [0.25, 0.3) is 15.9 Å². The van der Waals surface area contributed by atoms with E-state index in [0.717, 1.165) is 41.6 Å². The number of thiophene rings is 1. The van der Waals surface area contributed by atoms with E-state index in [-0.39, 0.29) is 11.5 Å². The van der Waals surface area contributed by atoms with Crippen molar-refractivity contribution in [1.82, 2.24) is 9.55 Å². The van der Waals surface area contributed by atoms with Gasteiger partial charge in [0, 0.05) is 4.88 Å². The number of esters is 1. The predicted octanol–water partition coefficient (Wildman–Crippen LogP) is 3.98. The van der Waals surface area contributed by atoms with E-state index in [1.165, 1.54) is 29.3 Å². The van der Waals surface area contributed by atoms with Crippen molar-refractivity contribution in [3.63, 3.8) is 0 Å². The van der Waals surface area contributed by atoms with Crippen molar-refractivity contribution in [1.29, 1.82) is 0 Å². The summed E-state index contributed by atoms with van der Waals surface area (Å²) in [5, 5.41) is 0.813. The van der Waals surface area contributed by atoms with Gasteiger partial charge in [-0.2, -0.15) is 0 Å². The number of para-hydroxylation sites is 1. The molecule has 0 bridgehead atoms. The molecule has 0 saturated carbocycles. The first-order valence-electron chi connectivity index (χ1n) is 8.97. The summed E-state index contributed by atoms with van der Waals surface area (Å²) in [4.78, 5) is 32.3. The van der Waals surface area contributed by atoms with E-state index in [0.29, 0.717) is 5.16 Å². The van der Waals surface area contributed by atoms with Crippen molar-refractivity contribution < 1.29 is 9.53 Å². The second-order valence-corrected chi connectivity index (χ2v) is 8.94. The van der Waals surface area contributed by atoms with Crippen LogP contribution in [0.1, 0.15) is 30.2 Å². The zero-order valence-electron chi connectivity index (χ0n) is 15.2. The third-order valence-electron chi connectivity index (χ3n) is 4.79. The molecule has 0 amide bonds. The second kappa shape index (κ2) is 7.48. The minimum atomic E-state index is -0.455. The molecule has 0 spiro atoms. The Bertz CT molecular complexity index is 1060. The highest BCUT2D eigenvalue weighted by Gasteiger charge is 2.25. The molecule has 2 aromatic heterocycles. The van der Waals surface area contributed by atoms with Crippen LogP contribution in [0.15, 0.2) is 40.3 Å². The maximum atomic E-state index is 13.5. The first kappa shape index (κ1) is 18.3. The van der Waals surface area contributed by atoms with Crippen molar-refractivity contribution in [2.24, 2.45) is 0 Å². The van der Waals surface area contributed by atoms with E-state index in [1.807, 2.05) is 30.3 Å². The number of benzene rings is 1. The number of aromatic nitrogens is 2. The van der Waals surface area contributed by atoms with Crippen LogP contribution in [-0.4, -0.2) is 27.9 Å². The lowest BCUT2D eigenvalue weighted by Gasteiger charge is -2.15. The summed E-state index contributed by atoms with van der Waals surface area (Å²) in [6, 6.07) is 9.48. The number of carbonyl (C=O) groups excluding carboxylic acids is 1. The van der Waals surface area contributed by atoms with Crippen LogP contribution in [0.2, 0.25) is 0 Å². The molecule has 5 nitrogen and oxygen atoms in total. The highest BCUT2D eigenvalue weighted by molar-refractivity contribution is 8.00. The van der Waals surface area contributed by atoms with Gasteiger partial charge in [-0.3, -0.25) is 14.2 Å². The average Bonchev–Trinajstić information content (AvgIpc) is 3.06. The molecule has 140 valence electrons. The Kier molecular flexibility index (Phi) is 5.06. The van der Waals surface area contributed by atoms with E-state index in [1.54, 1.807) is 22.8 Å². The Hall–Kier alpha value is -2.12. The van der Waals surface area contributed by atoms with Crippen molar-refractivity contribution in [2.45, 2.75) is 43.0 Å². The maximum absolute atomic E-state index is 13.5. The molecule has 0 fully saturated rings. The predicted molar refractivity (Wildman–Crippen MR) is 109 cm³/mol. The smallest absolute Gasteiger partial charge is 0.318 e. The van der Waals surface area contributed by atoms with Gasteiger partial charge in [0.1, 0.15) is 10.1 Å². The van der Waals surface area contributed by atoms with Crippen molar-refractivity contribution in [3.8, 4) is 5.69 Å². The number of hydrogen-bond acceptors (Lipinski definition) is 6. The number of ether oxygens (including phenoxy) is 1. The van der Waals surface area contributed by atoms with Gasteiger partial charge in [0.05, 0.1) is 18.2 Å². The zero-order valence-corrected chi connectivity index (χ0v) is 16.9. The molecule has 1 aliphatic rings. The molecule has 1 atom stereocenters. The van der Waals surface area contributed by atoms with Crippen LogP contribution in [0, 0.1) is 0 Å². The van der Waals surface area contributed by atoms with Gasteiger partial charge in [-0.25, -0.2) is 4.98 Å². The summed E-state index contributed by atoms with van der Waals surface area (Å²) in [5.41, 5.74) is 1.87. The lowest BCUT2D eigenvalue weighted by Crippen LogP contribution is -2.24. The largest absolute Gasteiger partial charge is 0.468 e. The van der Waals surface area contributed by atoms with Gasteiger partial charge < -0.3 is 4.74 Å². The second-order valence-electron chi connectivity index (χ2n) is 6.54. The van der Waals surface area contributed by atoms with E-state index >= 15 is 0 Å². The number of thioether (sulfide) groups is 1. The molecule has 2 heterocycles. The maximum Gasteiger partial charge on any atom is 0.318 e. The van der Waals surface area contributed by atoms with Gasteiger partial charge in [0.25, 0.3) is 5.56 Å². The first-order valence-corrected chi connectivity index (χ1v) is 10.7. The molecule has 7 heteroatoms. The van der Waals surface area contributed by atoms with Crippen molar-refractivity contribution >= 4 is 39.3 Å². The molecule has 0 saturated heterocycles. The third kappa shape index (κ3) is 3.30. The Morgan fingerprint density at radius 2 is 2.00 bits per heavy atom. The summed E-state index contributed by atoms with van der Waals surface area (Å²) >= 11 is 2.88. The number of fused-ring (bicyclic) bond motifs is 3. The van der Waals surface area contributed by atoms with Gasteiger partial charge in [0.15, 0.2) is 5.16 Å². The minimum absolute atomic E-state index is 0.0508. The van der Waals surface area contributed by atoms with Crippen LogP contribution in [0.5, 0.6) is 0 Å². The van der Waals surface area contributed by atoms with E-state index in [9.17, 15) is 9.59 Å². The molecular formula is C20H20N2O3S2. The molecule has 0 unspecified atom stereocenters. The molecule has 4 rings (SSSR count). The van der Waals surface area contributed by atoms with Crippen LogP contribution in [0.3, 0.4) is 0 Å². The Morgan fingerprint density at radius 3 is 2.74 bits per heavy atom. The average molecular weight is 401 g/mol. The van der Waals surface area contributed by atoms with Crippen LogP contribution >= 0.6 is 23.1 Å². The topological polar surface area (TPSA) is 61.2 Å². The third-order valence-corrected chi connectivity index (χ3v) is 7.00. The fourth-order valence-corrected chi connectivity index (χ4v) is 5.70. The number of hydrogen-bond donors (Lipinski definition) is 0. The van der Waals surface area contributed by atoms with Gasteiger partial charge in [-0.15, -0.1) is 11.3 Å². The molecule has 1 aromatic carbocycles. The fraction of sp³-hybridized carbons (Fsp3) is 0.350. The summed E-state index contributed by atoms with van der Waals surface area (Å²) < 4.78 is 6.47. The van der Waals surface area contributed by atoms with Crippen LogP contribution < -0.4 is 5.56 Å². The van der Waals surface area contributed by atoms with Crippen molar-refractivity contribution in [3.05, 3.63) is 51.1 Å². The molecule has 0 N–H and O–H groups in total. The number of rotatable bonds is 4. The van der Waals surface area contributed by atoms with Crippen molar-refractivity contribution in [2.75, 3.05) is 7.11 Å². The molecular weight excluding hydrogens is 380 g/mol. The quantitative estimate of drug-likeness (QED) is 0.377. The zero-order chi connectivity index (χ0) is 19.0. The number of methoxy groups -OCH3 is 1. The summed E-state index contributed by atoms with van der Waals surface area (Å²) in [6.07, 6.45) is 4.22. The van der Waals surface area contributed by atoms with E-state index < -0.39 is 5.25 Å². The van der Waals surface area contributed by atoms with Gasteiger partial charge in [-0.05, 0) is 50.3 Å². The lowest BCUT2D eigenvalue weighted by molar-refractivity contribution is -0.139. The molecule has 0 radical (unpaired) electrons. The number of nitrogens with zero attached hydrogens (tertiary/aromatic N) is 2. The lowest BCUT2D eigenvalue weighted by atomic mass is 9.97. The molecule has 27 heavy (non-hydrogen) atoms. The number of carbonyl (C=O) groups is 1. The van der Waals surface area contributed by atoms with E-state index in [4.69, 9.17) is 9.72 Å². The summed E-state index contributed by atoms with van der Waals surface area (Å²) in [5.74, 6) is -0.334. The molecule has 1 aliphatic carbocycles. The molecule has 3 aromatic rings. The SMILES string of the molecule is COC(=O)[C@@H](C)Sc1nc2sc3c(c2c(=O)n1-c1ccccc1)CCCC3. The monoisotopic (exact) mass is 400 g/mol. The van der Waals surface area contributed by atoms with Gasteiger partial charge >= 0.3 is 5.97 Å².